The zero-order valence-corrected chi connectivity index (χ0v) is 31.7. The number of hydrogen-bond donors (Lipinski definition) is 1. The predicted octanol–water partition coefficient (Wildman–Crippen LogP) is 8.22. The van der Waals surface area contributed by atoms with Gasteiger partial charge in [0.15, 0.2) is 50.1 Å². The lowest BCUT2D eigenvalue weighted by molar-refractivity contribution is -0.125. The molecule has 4 aliphatic rings. The van der Waals surface area contributed by atoms with Gasteiger partial charge in [-0.3, -0.25) is 24.1 Å². The molecule has 0 spiro atoms. The van der Waals surface area contributed by atoms with Gasteiger partial charge in [-0.05, 0) is 72.9 Å². The molecule has 59 heavy (non-hydrogen) atoms. The maximum absolute atomic E-state index is 15.3. The second-order valence-corrected chi connectivity index (χ2v) is 15.8. The third-order valence-corrected chi connectivity index (χ3v) is 13.1. The number of fused-ring (bicyclic) bond motifs is 5. The van der Waals surface area contributed by atoms with Gasteiger partial charge in [0.2, 0.25) is 23.5 Å². The normalized spacial score (nSPS) is 26.5. The zero-order valence-electron chi connectivity index (χ0n) is 30.2. The first-order valence-corrected chi connectivity index (χ1v) is 18.7. The number of imide groups is 2. The fourth-order valence-corrected chi connectivity index (χ4v) is 9.71. The Hall–Kier alpha value is -6.06. The maximum Gasteiger partial charge on any atom is 0.258 e. The highest BCUT2D eigenvalue weighted by atomic mass is 35.5. The van der Waals surface area contributed by atoms with Gasteiger partial charge in [-0.25, -0.2) is 31.8 Å². The third-order valence-electron chi connectivity index (χ3n) is 11.6. The minimum atomic E-state index is -2.68. The highest BCUT2D eigenvalue weighted by Gasteiger charge is 2.76. The van der Waals surface area contributed by atoms with Crippen LogP contribution in [0.3, 0.4) is 0 Å². The number of nitrogens with zero attached hydrogens (tertiary/aromatic N) is 3. The minimum absolute atomic E-state index is 0.0400. The molecule has 4 amide bonds. The van der Waals surface area contributed by atoms with Crippen LogP contribution >= 0.6 is 23.2 Å². The average Bonchev–Trinajstić information content (AvgIpc) is 3.83. The molecule has 1 saturated carbocycles. The lowest BCUT2D eigenvalue weighted by Gasteiger charge is -2.49. The molecule has 4 aromatic carbocycles. The average molecular weight is 851 g/mol. The summed E-state index contributed by atoms with van der Waals surface area (Å²) in [5, 5.41) is 10.1. The third kappa shape index (κ3) is 5.33. The summed E-state index contributed by atoms with van der Waals surface area (Å²) < 4.78 is 84.9. The Morgan fingerprint density at radius 1 is 0.847 bits per heavy atom. The van der Waals surface area contributed by atoms with E-state index in [9.17, 15) is 37.5 Å². The number of carbonyl (C=O) groups is 4. The monoisotopic (exact) mass is 849 g/mol. The first-order valence-electron chi connectivity index (χ1n) is 18.0. The van der Waals surface area contributed by atoms with Gasteiger partial charge in [0, 0.05) is 11.5 Å². The van der Waals surface area contributed by atoms with Crippen molar-refractivity contribution in [3.8, 4) is 23.0 Å². The molecule has 17 heteroatoms. The Balaban J connectivity index is 1.13. The van der Waals surface area contributed by atoms with Crippen molar-refractivity contribution in [3.63, 3.8) is 0 Å². The van der Waals surface area contributed by atoms with Crippen LogP contribution in [0.5, 0.6) is 11.5 Å². The number of halogens is 7. The first-order chi connectivity index (χ1) is 28.1. The van der Waals surface area contributed by atoms with Crippen molar-refractivity contribution in [2.45, 2.75) is 22.6 Å². The SMILES string of the molecule is COc1cc(C=CC2C3=CCC4C(=O)N(c5ccc(-c6nc7ccccc7o6)cc5)C(=O)C4C3CC3(Cl)C(=O)N(c4c(F)c(F)c(F)c(F)c4F)C(=O)C23Cl)ccc1O. The maximum atomic E-state index is 15.3. The van der Waals surface area contributed by atoms with Crippen LogP contribution in [0.15, 0.2) is 88.9 Å². The molecule has 2 aliphatic carbocycles. The molecule has 1 N–H and O–H groups in total. The van der Waals surface area contributed by atoms with Gasteiger partial charge in [-0.1, -0.05) is 42.0 Å². The number of phenols is 1. The number of aromatic hydroxyl groups is 1. The van der Waals surface area contributed by atoms with Gasteiger partial charge in [0.25, 0.3) is 11.8 Å². The van der Waals surface area contributed by atoms with E-state index in [0.717, 1.165) is 4.90 Å². The fraction of sp³-hybridized carbons (Fsp3) is 0.214. The summed E-state index contributed by atoms with van der Waals surface area (Å²) in [5.41, 5.74) is 0.723. The molecule has 2 saturated heterocycles. The van der Waals surface area contributed by atoms with Crippen LogP contribution in [0.1, 0.15) is 18.4 Å². The molecule has 300 valence electrons. The molecule has 6 atom stereocenters. The van der Waals surface area contributed by atoms with Gasteiger partial charge in [-0.15, -0.1) is 23.2 Å². The number of benzene rings is 4. The van der Waals surface area contributed by atoms with Crippen LogP contribution in [-0.4, -0.2) is 50.6 Å². The number of carbonyl (C=O) groups excluding carboxylic acids is 4. The Morgan fingerprint density at radius 2 is 1.53 bits per heavy atom. The molecule has 3 heterocycles. The zero-order chi connectivity index (χ0) is 41.9. The summed E-state index contributed by atoms with van der Waals surface area (Å²) in [5.74, 6) is -21.3. The summed E-state index contributed by atoms with van der Waals surface area (Å²) in [6.45, 7) is 0. The molecule has 0 radical (unpaired) electrons. The molecule has 5 aromatic rings. The van der Waals surface area contributed by atoms with E-state index in [2.05, 4.69) is 4.98 Å². The summed E-state index contributed by atoms with van der Waals surface area (Å²) in [6, 6.07) is 17.7. The standard InChI is InChI=1S/C42H26Cl2F5N3O7/c1-58-28-16-18(7-15-26(28)53)6-14-24-21-12-13-22-29(38(55)51(37(22)54)20-10-8-19(9-11-20)36-50-25-4-2-3-5-27(25)59-36)23(21)17-41(43)39(56)52(40(57)42(24,41)44)35-33(48)31(46)30(45)32(47)34(35)49/h2-12,14-16,22-24,29,53H,13,17H2,1H3. The molecule has 3 fully saturated rings. The number of amides is 4. The van der Waals surface area contributed by atoms with Crippen molar-refractivity contribution in [2.24, 2.45) is 23.7 Å². The number of anilines is 2. The molecular weight excluding hydrogens is 824 g/mol. The van der Waals surface area contributed by atoms with Crippen LogP contribution in [0.2, 0.25) is 0 Å². The lowest BCUT2D eigenvalue weighted by atomic mass is 9.57. The number of methoxy groups -OCH3 is 1. The first kappa shape index (κ1) is 38.5. The van der Waals surface area contributed by atoms with Crippen molar-refractivity contribution < 1.29 is 55.4 Å². The largest absolute Gasteiger partial charge is 0.504 e. The molecule has 0 bridgehead atoms. The Kier molecular flexibility index (Phi) is 8.80. The number of oxazole rings is 1. The van der Waals surface area contributed by atoms with Crippen LogP contribution < -0.4 is 14.5 Å². The number of ether oxygens (including phenoxy) is 1. The van der Waals surface area contributed by atoms with E-state index in [1.54, 1.807) is 36.4 Å². The number of rotatable bonds is 6. The number of para-hydroxylation sites is 2. The predicted molar refractivity (Wildman–Crippen MR) is 203 cm³/mol. The van der Waals surface area contributed by atoms with Gasteiger partial charge < -0.3 is 14.3 Å². The number of allylic oxidation sites excluding steroid dienone is 3. The fourth-order valence-electron chi connectivity index (χ4n) is 8.82. The van der Waals surface area contributed by atoms with Crippen LogP contribution in [-0.2, 0) is 19.2 Å². The second kappa shape index (κ2) is 13.5. The van der Waals surface area contributed by atoms with Crippen molar-refractivity contribution >= 4 is 75.4 Å². The van der Waals surface area contributed by atoms with Gasteiger partial charge in [0.05, 0.1) is 24.6 Å². The highest BCUT2D eigenvalue weighted by molar-refractivity contribution is 6.58. The van der Waals surface area contributed by atoms with Crippen molar-refractivity contribution in [2.75, 3.05) is 16.9 Å². The summed E-state index contributed by atoms with van der Waals surface area (Å²) in [6.07, 6.45) is 3.67. The van der Waals surface area contributed by atoms with E-state index in [0.29, 0.717) is 28.1 Å². The molecular formula is C42H26Cl2F5N3O7. The number of hydrogen-bond acceptors (Lipinski definition) is 8. The Morgan fingerprint density at radius 3 is 2.20 bits per heavy atom. The van der Waals surface area contributed by atoms with Crippen LogP contribution in [0.25, 0.3) is 28.6 Å². The molecule has 9 rings (SSSR count). The minimum Gasteiger partial charge on any atom is -0.504 e. The van der Waals surface area contributed by atoms with Crippen molar-refractivity contribution in [3.05, 3.63) is 119 Å². The van der Waals surface area contributed by atoms with E-state index in [4.69, 9.17) is 32.4 Å². The van der Waals surface area contributed by atoms with Crippen LogP contribution in [0, 0.1) is 52.8 Å². The molecule has 1 aromatic heterocycles. The van der Waals surface area contributed by atoms with Gasteiger partial charge >= 0.3 is 0 Å². The molecule has 6 unspecified atom stereocenters. The second-order valence-electron chi connectivity index (χ2n) is 14.6. The van der Waals surface area contributed by atoms with E-state index in [1.807, 2.05) is 6.07 Å². The molecule has 2 aliphatic heterocycles. The summed E-state index contributed by atoms with van der Waals surface area (Å²) in [7, 11) is 1.31. The van der Waals surface area contributed by atoms with Crippen molar-refractivity contribution in [1.29, 1.82) is 0 Å². The van der Waals surface area contributed by atoms with E-state index >= 15 is 8.78 Å². The smallest absolute Gasteiger partial charge is 0.258 e. The van der Waals surface area contributed by atoms with E-state index in [1.165, 1.54) is 49.6 Å². The quantitative estimate of drug-likeness (QED) is 0.0452. The van der Waals surface area contributed by atoms with Gasteiger partial charge in [0.1, 0.15) is 11.2 Å². The van der Waals surface area contributed by atoms with E-state index < -0.39 is 98.2 Å². The summed E-state index contributed by atoms with van der Waals surface area (Å²) >= 11 is 14.3. The number of alkyl halides is 2. The lowest BCUT2D eigenvalue weighted by Crippen LogP contribution is -2.60. The topological polar surface area (TPSA) is 130 Å². The van der Waals surface area contributed by atoms with Crippen molar-refractivity contribution in [1.82, 2.24) is 4.98 Å². The Bertz CT molecular complexity index is 2700. The van der Waals surface area contributed by atoms with Crippen LogP contribution in [0.4, 0.5) is 33.3 Å². The number of aromatic nitrogens is 1. The summed E-state index contributed by atoms with van der Waals surface area (Å²) in [4.78, 5) is 57.3. The number of phenolic OH excluding ortho intramolecular Hbond substituents is 1. The highest BCUT2D eigenvalue weighted by Crippen LogP contribution is 2.64. The van der Waals surface area contributed by atoms with E-state index in [-0.39, 0.29) is 34.1 Å². The Labute approximate surface area is 340 Å². The molecule has 10 nitrogen and oxygen atoms in total. The van der Waals surface area contributed by atoms with Gasteiger partial charge in [-0.2, -0.15) is 0 Å².